The Bertz CT molecular complexity index is 462. The fourth-order valence-corrected chi connectivity index (χ4v) is 2.23. The van der Waals surface area contributed by atoms with Crippen molar-refractivity contribution in [1.29, 1.82) is 0 Å². The fraction of sp³-hybridized carbons (Fsp3) is 0.636. The number of carbonyl (C=O) groups excluding carboxylic acids is 1. The average Bonchev–Trinajstić information content (AvgIpc) is 2.46. The van der Waals surface area contributed by atoms with Crippen molar-refractivity contribution in [3.05, 3.63) is 5.28 Å². The van der Waals surface area contributed by atoms with E-state index in [1.165, 1.54) is 7.11 Å². The van der Waals surface area contributed by atoms with Crippen LogP contribution in [0.5, 0.6) is 0 Å². The number of nitrogens with zero attached hydrogens (tertiary/aromatic N) is 4. The lowest BCUT2D eigenvalue weighted by atomic mass is 9.97. The molecule has 8 heteroatoms. The third kappa shape index (κ3) is 3.23. The molecule has 0 aliphatic carbocycles. The Kier molecular flexibility index (Phi) is 4.36. The molecule has 0 spiro atoms. The van der Waals surface area contributed by atoms with E-state index < -0.39 is 0 Å². The van der Waals surface area contributed by atoms with Crippen LogP contribution in [0.1, 0.15) is 12.8 Å². The molecule has 0 aromatic carbocycles. The molecule has 0 saturated carbocycles. The topological polar surface area (TPSA) is 80.2 Å². The molecule has 0 radical (unpaired) electrons. The van der Waals surface area contributed by atoms with E-state index in [4.69, 9.17) is 16.3 Å². The minimum atomic E-state index is -0.149. The first-order valence-electron chi connectivity index (χ1n) is 6.06. The standard InChI is InChI=1S/C11H16ClN5O2/c1-13-10-14-9(12)15-11(16-10)17-5-3-7(4-6-17)8(18)19-2/h7H,3-6H2,1-2H3,(H,13,14,15,16). The molecular formula is C11H16ClN5O2. The van der Waals surface area contributed by atoms with E-state index in [1.807, 2.05) is 4.90 Å². The summed E-state index contributed by atoms with van der Waals surface area (Å²) in [7, 11) is 3.14. The number of hydrogen-bond acceptors (Lipinski definition) is 7. The Hall–Kier alpha value is -1.63. The molecule has 1 aliphatic rings. The van der Waals surface area contributed by atoms with Crippen molar-refractivity contribution in [3.63, 3.8) is 0 Å². The quantitative estimate of drug-likeness (QED) is 0.828. The van der Waals surface area contributed by atoms with E-state index in [0.29, 0.717) is 25.0 Å². The maximum Gasteiger partial charge on any atom is 0.308 e. The zero-order valence-electron chi connectivity index (χ0n) is 10.9. The van der Waals surface area contributed by atoms with Crippen LogP contribution >= 0.6 is 11.6 Å². The van der Waals surface area contributed by atoms with Crippen LogP contribution in [0.4, 0.5) is 11.9 Å². The summed E-state index contributed by atoms with van der Waals surface area (Å²) in [5, 5.41) is 2.99. The van der Waals surface area contributed by atoms with Crippen LogP contribution < -0.4 is 10.2 Å². The lowest BCUT2D eigenvalue weighted by Crippen LogP contribution is -2.37. The van der Waals surface area contributed by atoms with E-state index in [0.717, 1.165) is 12.8 Å². The molecule has 0 atom stereocenters. The second-order valence-corrected chi connectivity index (χ2v) is 4.60. The van der Waals surface area contributed by atoms with Crippen LogP contribution in [0.2, 0.25) is 5.28 Å². The summed E-state index contributed by atoms with van der Waals surface area (Å²) in [5.41, 5.74) is 0. The van der Waals surface area contributed by atoms with E-state index in [2.05, 4.69) is 20.3 Å². The highest BCUT2D eigenvalue weighted by Crippen LogP contribution is 2.22. The van der Waals surface area contributed by atoms with E-state index in [1.54, 1.807) is 7.05 Å². The number of esters is 1. The molecule has 0 amide bonds. The van der Waals surface area contributed by atoms with Gasteiger partial charge < -0.3 is 15.0 Å². The summed E-state index contributed by atoms with van der Waals surface area (Å²) in [6.45, 7) is 1.40. The van der Waals surface area contributed by atoms with Gasteiger partial charge in [-0.3, -0.25) is 4.79 Å². The second kappa shape index (κ2) is 6.01. The van der Waals surface area contributed by atoms with Gasteiger partial charge in [0.2, 0.25) is 17.2 Å². The third-order valence-corrected chi connectivity index (χ3v) is 3.30. The van der Waals surface area contributed by atoms with Crippen molar-refractivity contribution in [2.24, 2.45) is 5.92 Å². The monoisotopic (exact) mass is 285 g/mol. The second-order valence-electron chi connectivity index (χ2n) is 4.26. The molecule has 0 unspecified atom stereocenters. The van der Waals surface area contributed by atoms with Crippen molar-refractivity contribution in [2.45, 2.75) is 12.8 Å². The number of ether oxygens (including phenoxy) is 1. The number of anilines is 2. The summed E-state index contributed by atoms with van der Waals surface area (Å²) >= 11 is 5.85. The van der Waals surface area contributed by atoms with E-state index in [-0.39, 0.29) is 17.2 Å². The van der Waals surface area contributed by atoms with Crippen LogP contribution in [-0.2, 0) is 9.53 Å². The molecule has 1 fully saturated rings. The lowest BCUT2D eigenvalue weighted by molar-refractivity contribution is -0.146. The summed E-state index contributed by atoms with van der Waals surface area (Å²) in [6.07, 6.45) is 1.45. The van der Waals surface area contributed by atoms with Crippen LogP contribution in [0.25, 0.3) is 0 Å². The molecule has 2 heterocycles. The number of aromatic nitrogens is 3. The van der Waals surface area contributed by atoms with Gasteiger partial charge in [0.15, 0.2) is 0 Å². The Labute approximate surface area is 116 Å². The van der Waals surface area contributed by atoms with Crippen LogP contribution in [-0.4, -0.2) is 48.2 Å². The van der Waals surface area contributed by atoms with Crippen molar-refractivity contribution in [2.75, 3.05) is 37.5 Å². The predicted molar refractivity (Wildman–Crippen MR) is 71.3 cm³/mol. The van der Waals surface area contributed by atoms with Gasteiger partial charge in [0, 0.05) is 20.1 Å². The summed E-state index contributed by atoms with van der Waals surface area (Å²) in [6, 6.07) is 0. The largest absolute Gasteiger partial charge is 0.469 e. The number of methoxy groups -OCH3 is 1. The molecule has 1 aliphatic heterocycles. The smallest absolute Gasteiger partial charge is 0.308 e. The maximum atomic E-state index is 11.5. The van der Waals surface area contributed by atoms with E-state index in [9.17, 15) is 4.79 Å². The van der Waals surface area contributed by atoms with Gasteiger partial charge in [-0.25, -0.2) is 0 Å². The van der Waals surface area contributed by atoms with Crippen LogP contribution in [0, 0.1) is 5.92 Å². The first-order chi connectivity index (χ1) is 9.13. The summed E-state index contributed by atoms with van der Waals surface area (Å²) < 4.78 is 4.76. The van der Waals surface area contributed by atoms with Crippen molar-refractivity contribution < 1.29 is 9.53 Å². The highest BCUT2D eigenvalue weighted by atomic mass is 35.5. The van der Waals surface area contributed by atoms with Gasteiger partial charge in [0.05, 0.1) is 13.0 Å². The van der Waals surface area contributed by atoms with Gasteiger partial charge in [-0.05, 0) is 24.4 Å². The number of rotatable bonds is 3. The number of carbonyl (C=O) groups is 1. The van der Waals surface area contributed by atoms with Gasteiger partial charge in [0.1, 0.15) is 0 Å². The summed E-state index contributed by atoms with van der Waals surface area (Å²) in [5.74, 6) is 0.782. The molecule has 2 rings (SSSR count). The molecule has 7 nitrogen and oxygen atoms in total. The Balaban J connectivity index is 2.05. The molecule has 0 bridgehead atoms. The minimum Gasteiger partial charge on any atom is -0.469 e. The number of halogens is 1. The summed E-state index contributed by atoms with van der Waals surface area (Å²) in [4.78, 5) is 25.7. The normalized spacial score (nSPS) is 16.3. The molecule has 19 heavy (non-hydrogen) atoms. The highest BCUT2D eigenvalue weighted by molar-refractivity contribution is 6.28. The minimum absolute atomic E-state index is 0.0395. The fourth-order valence-electron chi connectivity index (χ4n) is 2.07. The molecule has 104 valence electrons. The maximum absolute atomic E-state index is 11.5. The van der Waals surface area contributed by atoms with Crippen LogP contribution in [0.15, 0.2) is 0 Å². The zero-order valence-corrected chi connectivity index (χ0v) is 11.6. The Morgan fingerprint density at radius 2 is 2.05 bits per heavy atom. The lowest BCUT2D eigenvalue weighted by Gasteiger charge is -2.30. The molecular weight excluding hydrogens is 270 g/mol. The van der Waals surface area contributed by atoms with Crippen molar-refractivity contribution in [1.82, 2.24) is 15.0 Å². The number of hydrogen-bond donors (Lipinski definition) is 1. The van der Waals surface area contributed by atoms with Gasteiger partial charge in [-0.15, -0.1) is 0 Å². The molecule has 1 aromatic heterocycles. The van der Waals surface area contributed by atoms with E-state index >= 15 is 0 Å². The third-order valence-electron chi connectivity index (χ3n) is 3.13. The Morgan fingerprint density at radius 1 is 1.37 bits per heavy atom. The molecule has 1 saturated heterocycles. The highest BCUT2D eigenvalue weighted by Gasteiger charge is 2.27. The van der Waals surface area contributed by atoms with Gasteiger partial charge in [-0.1, -0.05) is 0 Å². The number of nitrogens with one attached hydrogen (secondary N) is 1. The average molecular weight is 286 g/mol. The van der Waals surface area contributed by atoms with Gasteiger partial charge in [-0.2, -0.15) is 15.0 Å². The first kappa shape index (κ1) is 13.8. The Morgan fingerprint density at radius 3 is 2.63 bits per heavy atom. The van der Waals surface area contributed by atoms with Gasteiger partial charge >= 0.3 is 5.97 Å². The number of piperidine rings is 1. The predicted octanol–water partition coefficient (Wildman–Crippen LogP) is 0.956. The SMILES string of the molecule is CNc1nc(Cl)nc(N2CCC(C(=O)OC)CC2)n1. The molecule has 1 N–H and O–H groups in total. The van der Waals surface area contributed by atoms with Gasteiger partial charge in [0.25, 0.3) is 0 Å². The van der Waals surface area contributed by atoms with Crippen molar-refractivity contribution in [3.8, 4) is 0 Å². The molecule has 1 aromatic rings. The van der Waals surface area contributed by atoms with Crippen molar-refractivity contribution >= 4 is 29.5 Å². The zero-order chi connectivity index (χ0) is 13.8. The first-order valence-corrected chi connectivity index (χ1v) is 6.44. The van der Waals surface area contributed by atoms with Crippen LogP contribution in [0.3, 0.4) is 0 Å².